The number of hydrogen-bond donors (Lipinski definition) is 0. The summed E-state index contributed by atoms with van der Waals surface area (Å²) < 4.78 is 11.3. The molecule has 0 saturated heterocycles. The van der Waals surface area contributed by atoms with E-state index < -0.39 is 0 Å². The predicted molar refractivity (Wildman–Crippen MR) is 264 cm³/mol. The fourth-order valence-electron chi connectivity index (χ4n) is 9.61. The van der Waals surface area contributed by atoms with Crippen LogP contribution in [0.4, 0.5) is 17.1 Å². The van der Waals surface area contributed by atoms with Gasteiger partial charge in [-0.3, -0.25) is 0 Å². The molecule has 290 valence electrons. The highest BCUT2D eigenvalue weighted by molar-refractivity contribution is 7.25. The fraction of sp³-hybridized carbons (Fsp3) is 0. The maximum Gasteiger partial charge on any atom is 0.136 e. The quantitative estimate of drug-likeness (QED) is 0.167. The molecule has 0 unspecified atom stereocenters. The lowest BCUT2D eigenvalue weighted by atomic mass is 10.0. The lowest BCUT2D eigenvalue weighted by molar-refractivity contribution is 0.669. The number of rotatable bonds is 6. The Hall–Kier alpha value is -7.92. The normalized spacial score (nSPS) is 11.9. The third-order valence-electron chi connectivity index (χ3n) is 12.6. The van der Waals surface area contributed by atoms with Gasteiger partial charge in [0.2, 0.25) is 0 Å². The summed E-state index contributed by atoms with van der Waals surface area (Å²) >= 11 is 1.85. The first-order valence-electron chi connectivity index (χ1n) is 21.1. The Morgan fingerprint density at radius 2 is 0.935 bits per heavy atom. The molecule has 0 spiro atoms. The fourth-order valence-corrected chi connectivity index (χ4v) is 10.7. The Labute approximate surface area is 361 Å². The van der Waals surface area contributed by atoms with Gasteiger partial charge in [0.05, 0.1) is 11.0 Å². The lowest BCUT2D eigenvalue weighted by Gasteiger charge is -2.26. The lowest BCUT2D eigenvalue weighted by Crippen LogP contribution is -2.09. The van der Waals surface area contributed by atoms with Gasteiger partial charge < -0.3 is 13.9 Å². The van der Waals surface area contributed by atoms with Gasteiger partial charge in [-0.15, -0.1) is 11.3 Å². The molecule has 0 N–H and O–H groups in total. The van der Waals surface area contributed by atoms with Crippen LogP contribution >= 0.6 is 11.3 Å². The number of thiophene rings is 1. The van der Waals surface area contributed by atoms with Crippen LogP contribution in [0.5, 0.6) is 0 Å². The number of hydrogen-bond acceptors (Lipinski definition) is 3. The van der Waals surface area contributed by atoms with Crippen molar-refractivity contribution in [2.75, 3.05) is 4.90 Å². The molecule has 0 bridgehead atoms. The van der Waals surface area contributed by atoms with Gasteiger partial charge >= 0.3 is 0 Å². The Morgan fingerprint density at radius 1 is 0.355 bits per heavy atom. The molecule has 62 heavy (non-hydrogen) atoms. The zero-order chi connectivity index (χ0) is 40.7. The molecule has 0 amide bonds. The zero-order valence-electron chi connectivity index (χ0n) is 33.5. The van der Waals surface area contributed by atoms with Crippen LogP contribution in [0, 0.1) is 0 Å². The molecule has 3 heterocycles. The van der Waals surface area contributed by atoms with E-state index in [1.54, 1.807) is 0 Å². The van der Waals surface area contributed by atoms with Gasteiger partial charge in [0, 0.05) is 69.9 Å². The smallest absolute Gasteiger partial charge is 0.136 e. The van der Waals surface area contributed by atoms with Crippen LogP contribution in [0.25, 0.3) is 103 Å². The highest BCUT2D eigenvalue weighted by Gasteiger charge is 2.19. The van der Waals surface area contributed by atoms with Gasteiger partial charge in [-0.2, -0.15) is 0 Å². The molecule has 13 aromatic rings. The van der Waals surface area contributed by atoms with Crippen LogP contribution in [-0.4, -0.2) is 4.57 Å². The van der Waals surface area contributed by atoms with Gasteiger partial charge in [0.15, 0.2) is 0 Å². The Balaban J connectivity index is 0.923. The second-order valence-corrected chi connectivity index (χ2v) is 17.2. The predicted octanol–water partition coefficient (Wildman–Crippen LogP) is 17.0. The summed E-state index contributed by atoms with van der Waals surface area (Å²) in [6.07, 6.45) is 0. The van der Waals surface area contributed by atoms with E-state index in [9.17, 15) is 0 Å². The van der Waals surface area contributed by atoms with E-state index >= 15 is 0 Å². The van der Waals surface area contributed by atoms with Crippen LogP contribution < -0.4 is 4.90 Å². The van der Waals surface area contributed by atoms with Crippen LogP contribution in [-0.2, 0) is 0 Å². The Morgan fingerprint density at radius 3 is 1.73 bits per heavy atom. The van der Waals surface area contributed by atoms with E-state index in [0.29, 0.717) is 0 Å². The third-order valence-corrected chi connectivity index (χ3v) is 13.7. The summed E-state index contributed by atoms with van der Waals surface area (Å²) in [5.41, 5.74) is 13.3. The van der Waals surface area contributed by atoms with Crippen LogP contribution in [0.3, 0.4) is 0 Å². The van der Waals surface area contributed by atoms with Crippen molar-refractivity contribution in [2.24, 2.45) is 0 Å². The molecule has 0 saturated carbocycles. The maximum absolute atomic E-state index is 6.26. The minimum Gasteiger partial charge on any atom is -0.456 e. The van der Waals surface area contributed by atoms with E-state index in [0.717, 1.165) is 55.8 Å². The first kappa shape index (κ1) is 34.9. The van der Waals surface area contributed by atoms with Crippen molar-refractivity contribution in [1.82, 2.24) is 4.57 Å². The minimum atomic E-state index is 0.903. The molecule has 0 aliphatic rings. The maximum atomic E-state index is 6.26. The van der Waals surface area contributed by atoms with E-state index in [1.807, 2.05) is 23.5 Å². The molecule has 3 aromatic heterocycles. The average molecular weight is 809 g/mol. The molecule has 3 nitrogen and oxygen atoms in total. The van der Waals surface area contributed by atoms with Crippen molar-refractivity contribution >= 4 is 103 Å². The number of benzene rings is 10. The van der Waals surface area contributed by atoms with E-state index in [-0.39, 0.29) is 0 Å². The second kappa shape index (κ2) is 13.8. The van der Waals surface area contributed by atoms with Crippen molar-refractivity contribution in [3.8, 4) is 27.9 Å². The number of furan rings is 1. The van der Waals surface area contributed by atoms with Gasteiger partial charge in [-0.25, -0.2) is 0 Å². The summed E-state index contributed by atoms with van der Waals surface area (Å²) in [6, 6.07) is 79.3. The largest absolute Gasteiger partial charge is 0.456 e. The van der Waals surface area contributed by atoms with Crippen LogP contribution in [0.1, 0.15) is 0 Å². The van der Waals surface area contributed by atoms with E-state index in [1.165, 1.54) is 63.9 Å². The molecular weight excluding hydrogens is 773 g/mol. The van der Waals surface area contributed by atoms with Crippen LogP contribution in [0.2, 0.25) is 0 Å². The molecule has 0 fully saturated rings. The van der Waals surface area contributed by atoms with Gasteiger partial charge in [-0.05, 0) is 113 Å². The number of anilines is 3. The molecule has 0 aliphatic carbocycles. The monoisotopic (exact) mass is 808 g/mol. The number of aromatic nitrogens is 1. The molecule has 0 atom stereocenters. The van der Waals surface area contributed by atoms with E-state index in [2.05, 4.69) is 216 Å². The summed E-state index contributed by atoms with van der Waals surface area (Å²) in [5.74, 6) is 0. The number of fused-ring (bicyclic) bond motifs is 11. The third kappa shape index (κ3) is 5.51. The van der Waals surface area contributed by atoms with Gasteiger partial charge in [0.25, 0.3) is 0 Å². The Kier molecular flexibility index (Phi) is 7.78. The SMILES string of the molecule is c1ccc(-n2c3cc(-c4ccc(N(c5ccc(-c6ccc7c(c6)oc6ccccc67)cc5)c5ccc6sc7ccccc7c6c5)cc4)ccc3c3ccc4ccccc4c32)cc1. The molecular formula is C58H36N2OS. The van der Waals surface area contributed by atoms with E-state index in [4.69, 9.17) is 4.42 Å². The van der Waals surface area contributed by atoms with Gasteiger partial charge in [-0.1, -0.05) is 133 Å². The van der Waals surface area contributed by atoms with Crippen molar-refractivity contribution in [1.29, 1.82) is 0 Å². The summed E-state index contributed by atoms with van der Waals surface area (Å²) in [7, 11) is 0. The number of nitrogens with zero attached hydrogens (tertiary/aromatic N) is 2. The molecule has 10 aromatic carbocycles. The molecule has 0 aliphatic heterocycles. The van der Waals surface area contributed by atoms with Crippen molar-refractivity contribution < 1.29 is 4.42 Å². The Bertz CT molecular complexity index is 3860. The summed E-state index contributed by atoms with van der Waals surface area (Å²) in [5, 5.41) is 9.85. The first-order chi connectivity index (χ1) is 30.7. The van der Waals surface area contributed by atoms with Crippen molar-refractivity contribution in [2.45, 2.75) is 0 Å². The van der Waals surface area contributed by atoms with Crippen LogP contribution in [0.15, 0.2) is 223 Å². The summed E-state index contributed by atoms with van der Waals surface area (Å²) in [4.78, 5) is 2.38. The second-order valence-electron chi connectivity index (χ2n) is 16.1. The van der Waals surface area contributed by atoms with Crippen molar-refractivity contribution in [3.63, 3.8) is 0 Å². The average Bonchev–Trinajstić information content (AvgIpc) is 4.01. The summed E-state index contributed by atoms with van der Waals surface area (Å²) in [6.45, 7) is 0. The standard InChI is InChI=1S/C58H36N2OS/c1-2-11-42(12-3-1)60-53-34-40(23-30-47(53)51-32-22-39-10-4-5-13-46(39)58(51)60)37-18-25-43(26-19-37)59(45-29-33-57-52(36-45)50-15-7-9-17-56(50)62-57)44-27-20-38(21-28-44)41-24-31-49-48-14-6-8-16-54(48)61-55(49)35-41/h1-36H. The molecule has 4 heteroatoms. The molecule has 13 rings (SSSR count). The number of para-hydroxylation sites is 2. The van der Waals surface area contributed by atoms with Crippen molar-refractivity contribution in [3.05, 3.63) is 218 Å². The molecule has 0 radical (unpaired) electrons. The minimum absolute atomic E-state index is 0.903. The topological polar surface area (TPSA) is 21.3 Å². The zero-order valence-corrected chi connectivity index (χ0v) is 34.3. The first-order valence-corrected chi connectivity index (χ1v) is 21.9. The highest BCUT2D eigenvalue weighted by Crippen LogP contribution is 2.43. The highest BCUT2D eigenvalue weighted by atomic mass is 32.1. The van der Waals surface area contributed by atoms with Gasteiger partial charge in [0.1, 0.15) is 11.2 Å².